The van der Waals surface area contributed by atoms with Crippen molar-refractivity contribution in [1.82, 2.24) is 4.31 Å². The van der Waals surface area contributed by atoms with Crippen LogP contribution < -0.4 is 0 Å². The summed E-state index contributed by atoms with van der Waals surface area (Å²) in [6.45, 7) is 4.19. The average Bonchev–Trinajstić information content (AvgIpc) is 2.56. The molecule has 0 saturated heterocycles. The van der Waals surface area contributed by atoms with E-state index in [-0.39, 0.29) is 17.4 Å². The Morgan fingerprint density at radius 1 is 1.04 bits per heavy atom. The molecule has 0 radical (unpaired) electrons. The summed E-state index contributed by atoms with van der Waals surface area (Å²) in [6, 6.07) is 13.5. The molecule has 0 spiro atoms. The van der Waals surface area contributed by atoms with Crippen molar-refractivity contribution in [3.63, 3.8) is 0 Å². The molecule has 0 aliphatic rings. The van der Waals surface area contributed by atoms with Crippen molar-refractivity contribution < 1.29 is 17.9 Å². The smallest absolute Gasteiger partial charge is 0.338 e. The van der Waals surface area contributed by atoms with Gasteiger partial charge < -0.3 is 4.74 Å². The molecule has 0 heterocycles. The van der Waals surface area contributed by atoms with E-state index in [1.165, 1.54) is 11.4 Å². The van der Waals surface area contributed by atoms with Crippen LogP contribution in [0.25, 0.3) is 0 Å². The molecule has 0 fully saturated rings. The fourth-order valence-electron chi connectivity index (χ4n) is 2.19. The van der Waals surface area contributed by atoms with Gasteiger partial charge in [-0.2, -0.15) is 4.31 Å². The van der Waals surface area contributed by atoms with Crippen molar-refractivity contribution >= 4 is 16.0 Å². The SMILES string of the molecule is CCOC(=O)c1ccc(CN(C)S(=O)(=O)c2ccc(C)cc2)cc1. The highest BCUT2D eigenvalue weighted by atomic mass is 32.2. The van der Waals surface area contributed by atoms with Crippen LogP contribution in [0.1, 0.15) is 28.4 Å². The van der Waals surface area contributed by atoms with E-state index in [0.29, 0.717) is 12.2 Å². The lowest BCUT2D eigenvalue weighted by molar-refractivity contribution is 0.0526. The number of sulfonamides is 1. The molecule has 0 bridgehead atoms. The van der Waals surface area contributed by atoms with Gasteiger partial charge in [0.15, 0.2) is 0 Å². The number of rotatable bonds is 6. The second-order valence-electron chi connectivity index (χ2n) is 5.49. The van der Waals surface area contributed by atoms with Gasteiger partial charge in [-0.05, 0) is 43.7 Å². The maximum Gasteiger partial charge on any atom is 0.338 e. The van der Waals surface area contributed by atoms with Crippen molar-refractivity contribution in [3.05, 3.63) is 65.2 Å². The van der Waals surface area contributed by atoms with Crippen LogP contribution in [0.2, 0.25) is 0 Å². The monoisotopic (exact) mass is 347 g/mol. The zero-order valence-corrected chi connectivity index (χ0v) is 14.8. The molecular weight excluding hydrogens is 326 g/mol. The van der Waals surface area contributed by atoms with Crippen LogP contribution >= 0.6 is 0 Å². The zero-order valence-electron chi connectivity index (χ0n) is 14.0. The average molecular weight is 347 g/mol. The van der Waals surface area contributed by atoms with Crippen molar-refractivity contribution in [3.8, 4) is 0 Å². The molecule has 0 aromatic heterocycles. The van der Waals surface area contributed by atoms with E-state index in [0.717, 1.165) is 11.1 Å². The molecule has 0 amide bonds. The Bertz CT molecular complexity index is 796. The van der Waals surface area contributed by atoms with E-state index in [2.05, 4.69) is 0 Å². The van der Waals surface area contributed by atoms with Gasteiger partial charge in [-0.25, -0.2) is 13.2 Å². The van der Waals surface area contributed by atoms with E-state index < -0.39 is 10.0 Å². The molecule has 6 heteroatoms. The van der Waals surface area contributed by atoms with Gasteiger partial charge in [-0.1, -0.05) is 29.8 Å². The molecule has 2 aromatic rings. The molecule has 0 atom stereocenters. The third kappa shape index (κ3) is 4.21. The zero-order chi connectivity index (χ0) is 17.7. The van der Waals surface area contributed by atoms with Crippen LogP contribution in [0.3, 0.4) is 0 Å². The largest absolute Gasteiger partial charge is 0.462 e. The summed E-state index contributed by atoms with van der Waals surface area (Å²) in [5.41, 5.74) is 2.25. The van der Waals surface area contributed by atoms with Crippen LogP contribution in [-0.2, 0) is 21.3 Å². The Balaban J connectivity index is 2.12. The quantitative estimate of drug-likeness (QED) is 0.754. The number of nitrogens with zero attached hydrogens (tertiary/aromatic N) is 1. The predicted molar refractivity (Wildman–Crippen MR) is 92.2 cm³/mol. The third-order valence-electron chi connectivity index (χ3n) is 3.60. The van der Waals surface area contributed by atoms with E-state index >= 15 is 0 Å². The van der Waals surface area contributed by atoms with Gasteiger partial charge in [0, 0.05) is 13.6 Å². The first-order valence-electron chi connectivity index (χ1n) is 7.63. The van der Waals surface area contributed by atoms with E-state index in [4.69, 9.17) is 4.74 Å². The van der Waals surface area contributed by atoms with Crippen molar-refractivity contribution in [2.24, 2.45) is 0 Å². The number of benzene rings is 2. The van der Waals surface area contributed by atoms with Gasteiger partial charge in [0.25, 0.3) is 0 Å². The minimum absolute atomic E-state index is 0.222. The van der Waals surface area contributed by atoms with E-state index in [1.54, 1.807) is 55.5 Å². The Labute approximate surface area is 142 Å². The van der Waals surface area contributed by atoms with Crippen molar-refractivity contribution in [2.75, 3.05) is 13.7 Å². The number of carbonyl (C=O) groups excluding carboxylic acids is 1. The second kappa shape index (κ2) is 7.59. The summed E-state index contributed by atoms with van der Waals surface area (Å²) in [5, 5.41) is 0. The van der Waals surface area contributed by atoms with E-state index in [9.17, 15) is 13.2 Å². The van der Waals surface area contributed by atoms with Gasteiger partial charge in [-0.3, -0.25) is 0 Å². The first kappa shape index (κ1) is 18.2. The topological polar surface area (TPSA) is 63.7 Å². The van der Waals surface area contributed by atoms with Crippen LogP contribution in [0.15, 0.2) is 53.4 Å². The van der Waals surface area contributed by atoms with Crippen LogP contribution in [0, 0.1) is 6.92 Å². The molecule has 24 heavy (non-hydrogen) atoms. The summed E-state index contributed by atoms with van der Waals surface area (Å²) < 4.78 is 31.3. The molecule has 0 saturated carbocycles. The van der Waals surface area contributed by atoms with Crippen LogP contribution in [0.5, 0.6) is 0 Å². The summed E-state index contributed by atoms with van der Waals surface area (Å²) in [5.74, 6) is -0.385. The molecule has 0 unspecified atom stereocenters. The van der Waals surface area contributed by atoms with Gasteiger partial charge in [0.05, 0.1) is 17.1 Å². The Kier molecular flexibility index (Phi) is 5.75. The fourth-order valence-corrected chi connectivity index (χ4v) is 3.35. The maximum atomic E-state index is 12.6. The molecule has 5 nitrogen and oxygen atoms in total. The van der Waals surface area contributed by atoms with Gasteiger partial charge >= 0.3 is 5.97 Å². The molecule has 2 aromatic carbocycles. The highest BCUT2D eigenvalue weighted by Crippen LogP contribution is 2.17. The lowest BCUT2D eigenvalue weighted by atomic mass is 10.1. The first-order valence-corrected chi connectivity index (χ1v) is 9.07. The molecule has 0 aliphatic heterocycles. The first-order chi connectivity index (χ1) is 11.3. The lowest BCUT2D eigenvalue weighted by Crippen LogP contribution is -2.26. The summed E-state index contributed by atoms with van der Waals surface area (Å²) in [7, 11) is -2.01. The molecule has 0 N–H and O–H groups in total. The van der Waals surface area contributed by atoms with Crippen LogP contribution in [0.4, 0.5) is 0 Å². The highest BCUT2D eigenvalue weighted by molar-refractivity contribution is 7.89. The third-order valence-corrected chi connectivity index (χ3v) is 5.42. The standard InChI is InChI=1S/C18H21NO4S/c1-4-23-18(20)16-9-7-15(8-10-16)13-19(3)24(21,22)17-11-5-14(2)6-12-17/h5-12H,4,13H2,1-3H3. The van der Waals surface area contributed by atoms with E-state index in [1.807, 2.05) is 6.92 Å². The van der Waals surface area contributed by atoms with Crippen molar-refractivity contribution in [1.29, 1.82) is 0 Å². The fraction of sp³-hybridized carbons (Fsp3) is 0.278. The molecule has 128 valence electrons. The second-order valence-corrected chi connectivity index (χ2v) is 7.54. The normalized spacial score (nSPS) is 11.5. The Hall–Kier alpha value is -2.18. The summed E-state index contributed by atoms with van der Waals surface area (Å²) in [6.07, 6.45) is 0. The summed E-state index contributed by atoms with van der Waals surface area (Å²) in [4.78, 5) is 11.9. The van der Waals surface area contributed by atoms with Crippen LogP contribution in [-0.4, -0.2) is 32.3 Å². The van der Waals surface area contributed by atoms with Gasteiger partial charge in [-0.15, -0.1) is 0 Å². The number of esters is 1. The minimum Gasteiger partial charge on any atom is -0.462 e. The molecule has 2 rings (SSSR count). The Morgan fingerprint density at radius 2 is 1.62 bits per heavy atom. The van der Waals surface area contributed by atoms with Crippen molar-refractivity contribution in [2.45, 2.75) is 25.3 Å². The highest BCUT2D eigenvalue weighted by Gasteiger charge is 2.20. The van der Waals surface area contributed by atoms with Gasteiger partial charge in [0.2, 0.25) is 10.0 Å². The number of carbonyl (C=O) groups is 1. The molecule has 0 aliphatic carbocycles. The number of hydrogen-bond donors (Lipinski definition) is 0. The predicted octanol–water partition coefficient (Wildman–Crippen LogP) is 2.99. The maximum absolute atomic E-state index is 12.6. The Morgan fingerprint density at radius 3 is 2.17 bits per heavy atom. The van der Waals surface area contributed by atoms with Gasteiger partial charge in [0.1, 0.15) is 0 Å². The minimum atomic E-state index is -3.55. The number of hydrogen-bond acceptors (Lipinski definition) is 4. The lowest BCUT2D eigenvalue weighted by Gasteiger charge is -2.17. The molecular formula is C18H21NO4S. The number of ether oxygens (including phenoxy) is 1. The summed E-state index contributed by atoms with van der Waals surface area (Å²) >= 11 is 0. The number of aryl methyl sites for hydroxylation is 1.